The minimum absolute atomic E-state index is 0.0121. The molecule has 2 atom stereocenters. The molecule has 1 aromatic heterocycles. The van der Waals surface area contributed by atoms with E-state index in [-0.39, 0.29) is 41.0 Å². The summed E-state index contributed by atoms with van der Waals surface area (Å²) < 4.78 is 56.2. The fraction of sp³-hybridized carbons (Fsp3) is 0.474. The van der Waals surface area contributed by atoms with Crippen molar-refractivity contribution in [2.45, 2.75) is 50.9 Å². The summed E-state index contributed by atoms with van der Waals surface area (Å²) in [5.74, 6) is -1.84. The molecule has 0 spiro atoms. The summed E-state index contributed by atoms with van der Waals surface area (Å²) in [6.07, 6.45) is -2.53. The van der Waals surface area contributed by atoms with Crippen LogP contribution in [0.1, 0.15) is 46.4 Å². The predicted octanol–water partition coefficient (Wildman–Crippen LogP) is 4.79. The molecule has 1 N–H and O–H groups in total. The molecule has 1 aromatic carbocycles. The highest BCUT2D eigenvalue weighted by atomic mass is 32.2. The molecule has 0 aliphatic heterocycles. The molecule has 0 bridgehead atoms. The SMILES string of the molecule is CSc1nc2c(c(=O)[nH]1)CC(C)C(c1c(F)c(C)cc(C)c1C(F)(F)F)C2. The molecule has 0 saturated carbocycles. The van der Waals surface area contributed by atoms with Crippen LogP contribution in [-0.4, -0.2) is 16.2 Å². The number of aromatic amines is 1. The number of hydrogen-bond donors (Lipinski definition) is 1. The van der Waals surface area contributed by atoms with Gasteiger partial charge in [-0.25, -0.2) is 9.37 Å². The van der Waals surface area contributed by atoms with Crippen molar-refractivity contribution in [1.29, 1.82) is 0 Å². The smallest absolute Gasteiger partial charge is 0.301 e. The van der Waals surface area contributed by atoms with Gasteiger partial charge in [0.05, 0.1) is 11.3 Å². The first kappa shape index (κ1) is 19.9. The van der Waals surface area contributed by atoms with Crippen molar-refractivity contribution in [2.24, 2.45) is 5.92 Å². The van der Waals surface area contributed by atoms with Gasteiger partial charge in [0.25, 0.3) is 5.56 Å². The van der Waals surface area contributed by atoms with Crippen molar-refractivity contribution in [3.63, 3.8) is 0 Å². The Labute approximate surface area is 158 Å². The predicted molar refractivity (Wildman–Crippen MR) is 96.8 cm³/mol. The fourth-order valence-corrected chi connectivity index (χ4v) is 4.37. The number of aryl methyl sites for hydroxylation is 2. The van der Waals surface area contributed by atoms with E-state index in [1.807, 2.05) is 0 Å². The van der Waals surface area contributed by atoms with Gasteiger partial charge >= 0.3 is 6.18 Å². The molecule has 0 radical (unpaired) electrons. The number of H-pyrrole nitrogens is 1. The third-order valence-corrected chi connectivity index (χ3v) is 5.81. The Bertz CT molecular complexity index is 952. The van der Waals surface area contributed by atoms with E-state index in [0.29, 0.717) is 16.4 Å². The molecule has 1 heterocycles. The molecule has 3 rings (SSSR count). The Morgan fingerprint density at radius 2 is 1.89 bits per heavy atom. The van der Waals surface area contributed by atoms with Gasteiger partial charge in [0.1, 0.15) is 5.82 Å². The lowest BCUT2D eigenvalue weighted by molar-refractivity contribution is -0.139. The highest BCUT2D eigenvalue weighted by Crippen LogP contribution is 2.45. The Kier molecular flexibility index (Phi) is 5.14. The first-order valence-electron chi connectivity index (χ1n) is 8.57. The molecule has 0 fully saturated rings. The van der Waals surface area contributed by atoms with Crippen LogP contribution in [0.25, 0.3) is 0 Å². The number of halogens is 4. The Balaban J connectivity index is 2.21. The van der Waals surface area contributed by atoms with Crippen molar-refractivity contribution in [3.8, 4) is 0 Å². The maximum absolute atomic E-state index is 14.9. The van der Waals surface area contributed by atoms with E-state index in [1.54, 1.807) is 13.2 Å². The van der Waals surface area contributed by atoms with Gasteiger partial charge in [-0.15, -0.1) is 0 Å². The maximum Gasteiger partial charge on any atom is 0.417 e. The molecule has 2 aromatic rings. The van der Waals surface area contributed by atoms with E-state index in [4.69, 9.17) is 0 Å². The van der Waals surface area contributed by atoms with Crippen molar-refractivity contribution < 1.29 is 17.6 Å². The second-order valence-electron chi connectivity index (χ2n) is 7.10. The first-order chi connectivity index (χ1) is 12.5. The fourth-order valence-electron chi connectivity index (χ4n) is 3.98. The molecule has 0 saturated heterocycles. The second kappa shape index (κ2) is 6.96. The quantitative estimate of drug-likeness (QED) is 0.448. The van der Waals surface area contributed by atoms with E-state index in [9.17, 15) is 22.4 Å². The number of rotatable bonds is 2. The van der Waals surface area contributed by atoms with Gasteiger partial charge in [0, 0.05) is 11.1 Å². The number of aromatic nitrogens is 2. The minimum atomic E-state index is -4.65. The molecule has 1 aliphatic rings. The third kappa shape index (κ3) is 3.51. The van der Waals surface area contributed by atoms with Crippen LogP contribution in [0, 0.1) is 25.6 Å². The molecule has 0 amide bonds. The summed E-state index contributed by atoms with van der Waals surface area (Å²) in [6.45, 7) is 4.59. The molecule has 2 unspecified atom stereocenters. The largest absolute Gasteiger partial charge is 0.417 e. The molecule has 27 heavy (non-hydrogen) atoms. The zero-order valence-electron chi connectivity index (χ0n) is 15.4. The van der Waals surface area contributed by atoms with E-state index in [1.165, 1.54) is 31.7 Å². The Morgan fingerprint density at radius 1 is 1.22 bits per heavy atom. The highest BCUT2D eigenvalue weighted by Gasteiger charge is 2.42. The summed E-state index contributed by atoms with van der Waals surface area (Å²) >= 11 is 1.25. The van der Waals surface area contributed by atoms with Gasteiger partial charge in [-0.2, -0.15) is 13.2 Å². The minimum Gasteiger partial charge on any atom is -0.301 e. The van der Waals surface area contributed by atoms with Crippen LogP contribution in [0.2, 0.25) is 0 Å². The lowest BCUT2D eigenvalue weighted by Gasteiger charge is -2.33. The molecule has 146 valence electrons. The Hall–Kier alpha value is -1.83. The van der Waals surface area contributed by atoms with Gasteiger partial charge in [-0.1, -0.05) is 24.8 Å². The van der Waals surface area contributed by atoms with Crippen molar-refractivity contribution in [2.75, 3.05) is 6.26 Å². The summed E-state index contributed by atoms with van der Waals surface area (Å²) in [5, 5.41) is 0.406. The number of hydrogen-bond acceptors (Lipinski definition) is 3. The average molecular weight is 400 g/mol. The number of fused-ring (bicyclic) bond motifs is 1. The van der Waals surface area contributed by atoms with Crippen molar-refractivity contribution in [3.05, 3.63) is 55.7 Å². The standard InChI is InChI=1S/C19H20F4N2OS/c1-8-6-12-13(24-18(27-4)25-17(12)26)7-11(8)14-15(19(21,22)23)9(2)5-10(3)16(14)20/h5,8,11H,6-7H2,1-4H3,(H,24,25,26). The molecule has 3 nitrogen and oxygen atoms in total. The molecule has 1 aliphatic carbocycles. The number of alkyl halides is 3. The zero-order chi connectivity index (χ0) is 20.1. The lowest BCUT2D eigenvalue weighted by atomic mass is 9.73. The van der Waals surface area contributed by atoms with Crippen LogP contribution in [0.3, 0.4) is 0 Å². The van der Waals surface area contributed by atoms with Gasteiger partial charge < -0.3 is 4.98 Å². The summed E-state index contributed by atoms with van der Waals surface area (Å²) in [4.78, 5) is 19.3. The number of nitrogens with zero attached hydrogens (tertiary/aromatic N) is 1. The van der Waals surface area contributed by atoms with E-state index in [0.717, 1.165) is 0 Å². The van der Waals surface area contributed by atoms with Gasteiger partial charge in [-0.05, 0) is 55.9 Å². The third-order valence-electron chi connectivity index (χ3n) is 5.23. The van der Waals surface area contributed by atoms with Crippen molar-refractivity contribution in [1.82, 2.24) is 9.97 Å². The molecular weight excluding hydrogens is 380 g/mol. The highest BCUT2D eigenvalue weighted by molar-refractivity contribution is 7.98. The summed E-state index contributed by atoms with van der Waals surface area (Å²) in [5.41, 5.74) is -0.332. The van der Waals surface area contributed by atoms with E-state index in [2.05, 4.69) is 9.97 Å². The number of thioether (sulfide) groups is 1. The lowest BCUT2D eigenvalue weighted by Crippen LogP contribution is -2.31. The van der Waals surface area contributed by atoms with Crippen LogP contribution < -0.4 is 5.56 Å². The topological polar surface area (TPSA) is 45.8 Å². The number of nitrogens with one attached hydrogen (secondary N) is 1. The van der Waals surface area contributed by atoms with Gasteiger partial charge in [0.15, 0.2) is 5.16 Å². The van der Waals surface area contributed by atoms with Crippen LogP contribution in [0.5, 0.6) is 0 Å². The average Bonchev–Trinajstić information content (AvgIpc) is 2.56. The zero-order valence-corrected chi connectivity index (χ0v) is 16.2. The second-order valence-corrected chi connectivity index (χ2v) is 7.90. The normalized spacial score (nSPS) is 19.9. The summed E-state index contributed by atoms with van der Waals surface area (Å²) in [6, 6.07) is 1.23. The van der Waals surface area contributed by atoms with E-state index >= 15 is 0 Å². The first-order valence-corrected chi connectivity index (χ1v) is 9.79. The van der Waals surface area contributed by atoms with Crippen LogP contribution >= 0.6 is 11.8 Å². The van der Waals surface area contributed by atoms with Crippen molar-refractivity contribution >= 4 is 11.8 Å². The van der Waals surface area contributed by atoms with E-state index < -0.39 is 23.5 Å². The van der Waals surface area contributed by atoms with Crippen LogP contribution in [0.4, 0.5) is 17.6 Å². The monoisotopic (exact) mass is 400 g/mol. The van der Waals surface area contributed by atoms with Gasteiger partial charge in [0.2, 0.25) is 0 Å². The summed E-state index contributed by atoms with van der Waals surface area (Å²) in [7, 11) is 0. The van der Waals surface area contributed by atoms with Crippen LogP contribution in [-0.2, 0) is 19.0 Å². The van der Waals surface area contributed by atoms with Crippen LogP contribution in [0.15, 0.2) is 16.0 Å². The molecular formula is C19H20F4N2OS. The van der Waals surface area contributed by atoms with Gasteiger partial charge in [-0.3, -0.25) is 4.79 Å². The number of benzene rings is 1. The Morgan fingerprint density at radius 3 is 2.48 bits per heavy atom. The maximum atomic E-state index is 14.9. The molecule has 8 heteroatoms.